The Bertz CT molecular complexity index is 1050. The Morgan fingerprint density at radius 1 is 1.21 bits per heavy atom. The number of hydrogen-bond donors (Lipinski definition) is 2. The van der Waals surface area contributed by atoms with Gasteiger partial charge in [-0.05, 0) is 25.1 Å². The highest BCUT2D eigenvalue weighted by molar-refractivity contribution is 6.01. The normalized spacial score (nSPS) is 17.3. The van der Waals surface area contributed by atoms with Crippen LogP contribution >= 0.6 is 0 Å². The third-order valence-electron chi connectivity index (χ3n) is 5.14. The van der Waals surface area contributed by atoms with Crippen LogP contribution in [-0.4, -0.2) is 30.0 Å². The molecule has 0 aliphatic carbocycles. The maximum atomic E-state index is 13.6. The minimum Gasteiger partial charge on any atom is -0.481 e. The summed E-state index contributed by atoms with van der Waals surface area (Å²) in [4.78, 5) is 17.0. The molecule has 0 fully saturated rings. The minimum absolute atomic E-state index is 0.00298. The van der Waals surface area contributed by atoms with Crippen LogP contribution in [0.5, 0.6) is 5.75 Å². The third-order valence-corrected chi connectivity index (χ3v) is 5.14. The number of benzene rings is 2. The number of hydrogen-bond acceptors (Lipinski definition) is 3. The van der Waals surface area contributed by atoms with E-state index in [0.717, 1.165) is 16.5 Å². The maximum absolute atomic E-state index is 13.6. The second kappa shape index (κ2) is 7.66. The number of para-hydroxylation sites is 1. The summed E-state index contributed by atoms with van der Waals surface area (Å²) < 4.78 is 32.8. The van der Waals surface area contributed by atoms with Gasteiger partial charge >= 0.3 is 6.03 Å². The minimum atomic E-state index is -1.59. The zero-order valence-electron chi connectivity index (χ0n) is 15.9. The van der Waals surface area contributed by atoms with Crippen LogP contribution in [0.2, 0.25) is 0 Å². The van der Waals surface area contributed by atoms with Gasteiger partial charge in [-0.2, -0.15) is 0 Å². The van der Waals surface area contributed by atoms with E-state index in [1.165, 1.54) is 0 Å². The average Bonchev–Trinajstić information content (AvgIpc) is 2.74. The summed E-state index contributed by atoms with van der Waals surface area (Å²) >= 11 is 0. The van der Waals surface area contributed by atoms with Gasteiger partial charge in [-0.15, -0.1) is 0 Å². The Labute approximate surface area is 167 Å². The molecule has 0 saturated carbocycles. The van der Waals surface area contributed by atoms with Gasteiger partial charge in [-0.3, -0.25) is 4.98 Å². The first-order valence-electron chi connectivity index (χ1n) is 9.36. The second-order valence-corrected chi connectivity index (χ2v) is 7.30. The third kappa shape index (κ3) is 3.72. The van der Waals surface area contributed by atoms with Gasteiger partial charge < -0.3 is 15.4 Å². The first-order chi connectivity index (χ1) is 14.0. The molecule has 1 aliphatic heterocycles. The molecule has 2 N–H and O–H groups in total. The number of rotatable bonds is 4. The Morgan fingerprint density at radius 2 is 2.00 bits per heavy atom. The lowest BCUT2D eigenvalue weighted by molar-refractivity contribution is -0.0105. The van der Waals surface area contributed by atoms with Crippen LogP contribution in [0.4, 0.5) is 19.3 Å². The van der Waals surface area contributed by atoms with Gasteiger partial charge in [0.15, 0.2) is 5.60 Å². The Hall–Kier alpha value is -3.22. The predicted octanol–water partition coefficient (Wildman–Crippen LogP) is 4.87. The number of ether oxygens (including phenoxy) is 1. The molecule has 3 aromatic rings. The highest BCUT2D eigenvalue weighted by Crippen LogP contribution is 2.40. The number of fused-ring (bicyclic) bond motifs is 2. The molecule has 1 aliphatic rings. The molecule has 0 saturated heterocycles. The van der Waals surface area contributed by atoms with Crippen LogP contribution in [-0.2, 0) is 0 Å². The van der Waals surface area contributed by atoms with Gasteiger partial charge in [0.2, 0.25) is 0 Å². The van der Waals surface area contributed by atoms with Gasteiger partial charge in [-0.1, -0.05) is 30.3 Å². The van der Waals surface area contributed by atoms with E-state index in [1.54, 1.807) is 36.5 Å². The van der Waals surface area contributed by atoms with E-state index in [9.17, 15) is 13.6 Å². The van der Waals surface area contributed by atoms with Gasteiger partial charge in [-0.25, -0.2) is 13.6 Å². The van der Waals surface area contributed by atoms with Crippen molar-refractivity contribution in [2.75, 3.05) is 18.7 Å². The molecule has 0 radical (unpaired) electrons. The van der Waals surface area contributed by atoms with Crippen molar-refractivity contribution in [2.24, 2.45) is 0 Å². The molecule has 0 bridgehead atoms. The van der Waals surface area contributed by atoms with Gasteiger partial charge in [0.1, 0.15) is 19.1 Å². The molecule has 150 valence electrons. The number of carbonyl (C=O) groups is 1. The maximum Gasteiger partial charge on any atom is 0.319 e. The average molecular weight is 397 g/mol. The van der Waals surface area contributed by atoms with Crippen molar-refractivity contribution in [3.8, 4) is 5.75 Å². The molecule has 2 heterocycles. The predicted molar refractivity (Wildman–Crippen MR) is 108 cm³/mol. The summed E-state index contributed by atoms with van der Waals surface area (Å²) in [6, 6.07) is 13.4. The number of anilines is 1. The van der Waals surface area contributed by atoms with Crippen molar-refractivity contribution in [3.63, 3.8) is 0 Å². The van der Waals surface area contributed by atoms with Crippen LogP contribution < -0.4 is 15.4 Å². The number of aromatic nitrogens is 1. The highest BCUT2D eigenvalue weighted by Gasteiger charge is 2.42. The van der Waals surface area contributed by atoms with Crippen molar-refractivity contribution < 1.29 is 18.3 Å². The molecular weight excluding hydrogens is 376 g/mol. The highest BCUT2D eigenvalue weighted by atomic mass is 19.1. The molecule has 1 aromatic heterocycles. The van der Waals surface area contributed by atoms with Crippen LogP contribution in [0, 0.1) is 6.92 Å². The van der Waals surface area contributed by atoms with E-state index in [-0.39, 0.29) is 6.42 Å². The van der Waals surface area contributed by atoms with Gasteiger partial charge in [0, 0.05) is 34.6 Å². The zero-order valence-corrected chi connectivity index (χ0v) is 15.9. The van der Waals surface area contributed by atoms with Crippen molar-refractivity contribution in [1.82, 2.24) is 10.3 Å². The Kier molecular flexibility index (Phi) is 5.05. The molecule has 0 unspecified atom stereocenters. The fourth-order valence-electron chi connectivity index (χ4n) is 3.65. The monoisotopic (exact) mass is 397 g/mol. The smallest absolute Gasteiger partial charge is 0.319 e. The van der Waals surface area contributed by atoms with Crippen LogP contribution in [0.15, 0.2) is 54.7 Å². The molecule has 2 aromatic carbocycles. The molecule has 2 amide bonds. The fourth-order valence-corrected chi connectivity index (χ4v) is 3.65. The number of amides is 2. The number of halogens is 2. The summed E-state index contributed by atoms with van der Waals surface area (Å²) in [5, 5.41) is 7.46. The summed E-state index contributed by atoms with van der Waals surface area (Å²) in [7, 11) is 0. The van der Waals surface area contributed by atoms with Crippen molar-refractivity contribution >= 4 is 22.5 Å². The lowest BCUT2D eigenvalue weighted by Crippen LogP contribution is -2.49. The number of nitrogens with one attached hydrogen (secondary N) is 2. The molecule has 29 heavy (non-hydrogen) atoms. The molecule has 4 rings (SSSR count). The van der Waals surface area contributed by atoms with Gasteiger partial charge in [0.25, 0.3) is 0 Å². The number of aryl methyl sites for hydroxylation is 1. The molecule has 0 spiro atoms. The first kappa shape index (κ1) is 19.1. The molecule has 5 nitrogen and oxygen atoms in total. The standard InChI is InChI=1S/C22H21F2N3O2/c1-14-9-17-15(11-25-14)5-4-7-18(17)26-21(28)27-19-10-22(12-23,13-24)29-20-8-3-2-6-16(19)20/h2-9,11,19H,10,12-13H2,1H3,(H2,26,27,28)/t19-/m1/s1. The van der Waals surface area contributed by atoms with Crippen molar-refractivity contribution in [3.05, 3.63) is 66.0 Å². The summed E-state index contributed by atoms with van der Waals surface area (Å²) in [6.07, 6.45) is 1.75. The van der Waals surface area contributed by atoms with E-state index in [0.29, 0.717) is 17.0 Å². The number of alkyl halides is 2. The SMILES string of the molecule is Cc1cc2c(NC(=O)N[C@@H]3CC(CF)(CF)Oc4ccccc43)cccc2cn1. The fraction of sp³-hybridized carbons (Fsp3) is 0.273. The first-order valence-corrected chi connectivity index (χ1v) is 9.36. The quantitative estimate of drug-likeness (QED) is 0.660. The number of pyridine rings is 1. The van der Waals surface area contributed by atoms with Crippen molar-refractivity contribution in [1.29, 1.82) is 0 Å². The topological polar surface area (TPSA) is 63.2 Å². The van der Waals surface area contributed by atoms with Gasteiger partial charge in [0.05, 0.1) is 11.7 Å². The lowest BCUT2D eigenvalue weighted by Gasteiger charge is -2.39. The summed E-state index contributed by atoms with van der Waals surface area (Å²) in [6.45, 7) is -0.0801. The van der Waals surface area contributed by atoms with Crippen LogP contribution in [0.1, 0.15) is 23.7 Å². The van der Waals surface area contributed by atoms with E-state index in [2.05, 4.69) is 15.6 Å². The largest absolute Gasteiger partial charge is 0.481 e. The van der Waals surface area contributed by atoms with E-state index in [4.69, 9.17) is 4.74 Å². The Balaban J connectivity index is 1.59. The second-order valence-electron chi connectivity index (χ2n) is 7.30. The zero-order chi connectivity index (χ0) is 20.4. The number of urea groups is 1. The lowest BCUT2D eigenvalue weighted by atomic mass is 9.88. The van der Waals surface area contributed by atoms with Crippen molar-refractivity contribution in [2.45, 2.75) is 25.0 Å². The van der Waals surface area contributed by atoms with E-state index in [1.807, 2.05) is 25.1 Å². The Morgan fingerprint density at radius 3 is 2.79 bits per heavy atom. The van der Waals surface area contributed by atoms with Crippen LogP contribution in [0.3, 0.4) is 0 Å². The summed E-state index contributed by atoms with van der Waals surface area (Å²) in [5.41, 5.74) is 0.571. The number of carbonyl (C=O) groups excluding carboxylic acids is 1. The summed E-state index contributed by atoms with van der Waals surface area (Å²) in [5.74, 6) is 0.381. The van der Waals surface area contributed by atoms with Crippen LogP contribution in [0.25, 0.3) is 10.8 Å². The molecule has 7 heteroatoms. The molecule has 1 atom stereocenters. The number of nitrogens with zero attached hydrogens (tertiary/aromatic N) is 1. The van der Waals surface area contributed by atoms with E-state index >= 15 is 0 Å². The molecular formula is C22H21F2N3O2. The van der Waals surface area contributed by atoms with E-state index < -0.39 is 31.0 Å².